The van der Waals surface area contributed by atoms with Gasteiger partial charge in [-0.25, -0.2) is 0 Å². The van der Waals surface area contributed by atoms with Gasteiger partial charge < -0.3 is 5.11 Å². The molecule has 0 aromatic carbocycles. The van der Waals surface area contributed by atoms with Crippen molar-refractivity contribution in [3.05, 3.63) is 29.6 Å². The highest BCUT2D eigenvalue weighted by Crippen LogP contribution is 2.26. The van der Waals surface area contributed by atoms with E-state index < -0.39 is 23.8 Å². The molecule has 1 atom stereocenters. The fourth-order valence-corrected chi connectivity index (χ4v) is 2.29. The Morgan fingerprint density at radius 3 is 2.63 bits per heavy atom. The third kappa shape index (κ3) is 2.33. The molecular weight excluding hydrogens is 248 g/mol. The van der Waals surface area contributed by atoms with Gasteiger partial charge in [0, 0.05) is 12.4 Å². The number of aromatic nitrogens is 1. The zero-order chi connectivity index (χ0) is 14.0. The van der Waals surface area contributed by atoms with Crippen LogP contribution >= 0.6 is 0 Å². The highest BCUT2D eigenvalue weighted by molar-refractivity contribution is 6.21. The number of imide groups is 1. The summed E-state index contributed by atoms with van der Waals surface area (Å²) in [6.45, 7) is 1.88. The number of amides is 2. The van der Waals surface area contributed by atoms with Gasteiger partial charge in [0.15, 0.2) is 0 Å². The summed E-state index contributed by atoms with van der Waals surface area (Å²) in [7, 11) is 0. The zero-order valence-corrected chi connectivity index (χ0v) is 10.5. The Morgan fingerprint density at radius 1 is 1.37 bits per heavy atom. The number of pyridine rings is 1. The molecule has 1 aromatic heterocycles. The van der Waals surface area contributed by atoms with E-state index in [1.807, 2.05) is 6.92 Å². The minimum absolute atomic E-state index is 0.229. The molecule has 19 heavy (non-hydrogen) atoms. The molecule has 1 unspecified atom stereocenters. The lowest BCUT2D eigenvalue weighted by Crippen LogP contribution is -2.41. The smallest absolute Gasteiger partial charge is 0.305 e. The van der Waals surface area contributed by atoms with Crippen LogP contribution in [0, 0.1) is 0 Å². The molecule has 6 heteroatoms. The van der Waals surface area contributed by atoms with Crippen molar-refractivity contribution in [2.24, 2.45) is 0 Å². The molecule has 2 rings (SSSR count). The van der Waals surface area contributed by atoms with Crippen molar-refractivity contribution in [1.29, 1.82) is 0 Å². The number of nitrogens with zero attached hydrogens (tertiary/aromatic N) is 2. The molecule has 0 spiro atoms. The lowest BCUT2D eigenvalue weighted by atomic mass is 10.1. The summed E-state index contributed by atoms with van der Waals surface area (Å²) < 4.78 is 0. The number of hydrogen-bond donors (Lipinski definition) is 1. The Hall–Kier alpha value is -2.24. The predicted octanol–water partition coefficient (Wildman–Crippen LogP) is 1.32. The van der Waals surface area contributed by atoms with E-state index in [1.54, 1.807) is 0 Å². The zero-order valence-electron chi connectivity index (χ0n) is 10.5. The Morgan fingerprint density at radius 2 is 2.05 bits per heavy atom. The summed E-state index contributed by atoms with van der Waals surface area (Å²) in [5, 5.41) is 8.90. The van der Waals surface area contributed by atoms with E-state index in [9.17, 15) is 14.4 Å². The Kier molecular flexibility index (Phi) is 3.59. The van der Waals surface area contributed by atoms with Crippen molar-refractivity contribution in [1.82, 2.24) is 9.88 Å². The van der Waals surface area contributed by atoms with E-state index in [2.05, 4.69) is 4.98 Å². The maximum atomic E-state index is 12.2. The highest BCUT2D eigenvalue weighted by atomic mass is 16.4. The number of carboxylic acids is 1. The van der Waals surface area contributed by atoms with Crippen molar-refractivity contribution in [3.63, 3.8) is 0 Å². The number of hydrogen-bond acceptors (Lipinski definition) is 4. The molecule has 1 N–H and O–H groups in total. The van der Waals surface area contributed by atoms with Crippen LogP contribution in [0.15, 0.2) is 18.5 Å². The molecule has 2 amide bonds. The first kappa shape index (κ1) is 13.2. The minimum atomic E-state index is -1.02. The summed E-state index contributed by atoms with van der Waals surface area (Å²) in [4.78, 5) is 40.1. The summed E-state index contributed by atoms with van der Waals surface area (Å²) in [6.07, 6.45) is 3.74. The molecular formula is C13H14N2O4. The van der Waals surface area contributed by atoms with Gasteiger partial charge in [0.25, 0.3) is 11.8 Å². The number of carbonyl (C=O) groups is 3. The minimum Gasteiger partial charge on any atom is -0.481 e. The van der Waals surface area contributed by atoms with Crippen molar-refractivity contribution >= 4 is 17.8 Å². The van der Waals surface area contributed by atoms with Crippen molar-refractivity contribution in [2.75, 3.05) is 0 Å². The van der Waals surface area contributed by atoms with E-state index in [0.717, 1.165) is 4.90 Å². The fourth-order valence-electron chi connectivity index (χ4n) is 2.29. The van der Waals surface area contributed by atoms with Crippen molar-refractivity contribution < 1.29 is 19.5 Å². The molecule has 0 saturated carbocycles. The molecule has 1 aliphatic rings. The molecule has 100 valence electrons. The third-order valence-electron chi connectivity index (χ3n) is 3.12. The average molecular weight is 262 g/mol. The quantitative estimate of drug-likeness (QED) is 0.808. The molecule has 0 radical (unpaired) electrons. The average Bonchev–Trinajstić information content (AvgIpc) is 2.62. The van der Waals surface area contributed by atoms with Crippen LogP contribution < -0.4 is 0 Å². The number of carbonyl (C=O) groups excluding carboxylic acids is 2. The van der Waals surface area contributed by atoms with Crippen LogP contribution in [0.1, 0.15) is 46.9 Å². The Bertz CT molecular complexity index is 506. The lowest BCUT2D eigenvalue weighted by molar-refractivity contribution is -0.138. The predicted molar refractivity (Wildman–Crippen MR) is 65.7 cm³/mol. The normalized spacial score (nSPS) is 15.5. The first-order chi connectivity index (χ1) is 9.06. The molecule has 0 bridgehead atoms. The van der Waals surface area contributed by atoms with Crippen LogP contribution in [0.2, 0.25) is 0 Å². The summed E-state index contributed by atoms with van der Waals surface area (Å²) in [5.74, 6) is -1.90. The molecule has 0 aliphatic carbocycles. The number of aliphatic carboxylic acids is 1. The maximum Gasteiger partial charge on any atom is 0.305 e. The van der Waals surface area contributed by atoms with Gasteiger partial charge in [-0.3, -0.25) is 24.3 Å². The van der Waals surface area contributed by atoms with Crippen LogP contribution in [0.4, 0.5) is 0 Å². The highest BCUT2D eigenvalue weighted by Gasteiger charge is 2.40. The molecule has 0 fully saturated rings. The van der Waals surface area contributed by atoms with Gasteiger partial charge in [-0.15, -0.1) is 0 Å². The van der Waals surface area contributed by atoms with Crippen LogP contribution in [-0.2, 0) is 4.79 Å². The summed E-state index contributed by atoms with van der Waals surface area (Å²) in [6, 6.07) is 0.884. The monoisotopic (exact) mass is 262 g/mol. The van der Waals surface area contributed by atoms with E-state index >= 15 is 0 Å². The third-order valence-corrected chi connectivity index (χ3v) is 3.12. The van der Waals surface area contributed by atoms with Gasteiger partial charge >= 0.3 is 5.97 Å². The maximum absolute atomic E-state index is 12.2. The first-order valence-electron chi connectivity index (χ1n) is 6.10. The van der Waals surface area contributed by atoms with Gasteiger partial charge in [-0.2, -0.15) is 0 Å². The second-order valence-electron chi connectivity index (χ2n) is 4.44. The van der Waals surface area contributed by atoms with Crippen molar-refractivity contribution in [2.45, 2.75) is 32.2 Å². The summed E-state index contributed by atoms with van der Waals surface area (Å²) >= 11 is 0. The van der Waals surface area contributed by atoms with E-state index in [4.69, 9.17) is 5.11 Å². The molecule has 1 aliphatic heterocycles. The number of rotatable bonds is 5. The van der Waals surface area contributed by atoms with Gasteiger partial charge in [0.1, 0.15) is 0 Å². The van der Waals surface area contributed by atoms with Crippen LogP contribution in [-0.4, -0.2) is 38.8 Å². The Balaban J connectivity index is 2.33. The van der Waals surface area contributed by atoms with E-state index in [1.165, 1.54) is 18.5 Å². The molecule has 6 nitrogen and oxygen atoms in total. The summed E-state index contributed by atoms with van der Waals surface area (Å²) in [5.41, 5.74) is 0.547. The van der Waals surface area contributed by atoms with Crippen molar-refractivity contribution in [3.8, 4) is 0 Å². The van der Waals surface area contributed by atoms with Gasteiger partial charge in [0.2, 0.25) is 0 Å². The van der Waals surface area contributed by atoms with Crippen LogP contribution in [0.3, 0.4) is 0 Å². The molecule has 0 saturated heterocycles. The van der Waals surface area contributed by atoms with Crippen LogP contribution in [0.25, 0.3) is 0 Å². The molecule has 2 heterocycles. The van der Waals surface area contributed by atoms with Gasteiger partial charge in [-0.05, 0) is 12.5 Å². The van der Waals surface area contributed by atoms with Gasteiger partial charge in [0.05, 0.1) is 23.6 Å². The second-order valence-corrected chi connectivity index (χ2v) is 4.44. The SMILES string of the molecule is CCCC(CC(=O)O)N1C(=O)c2ccncc2C1=O. The standard InChI is InChI=1S/C13H14N2O4/c1-2-3-8(6-11(16)17)15-12(18)9-4-5-14-7-10(9)13(15)19/h4-5,7-8H,2-3,6H2,1H3,(H,16,17). The largest absolute Gasteiger partial charge is 0.481 e. The van der Waals surface area contributed by atoms with Gasteiger partial charge in [-0.1, -0.05) is 13.3 Å². The fraction of sp³-hybridized carbons (Fsp3) is 0.385. The second kappa shape index (κ2) is 5.17. The molecule has 1 aromatic rings. The lowest BCUT2D eigenvalue weighted by Gasteiger charge is -2.24. The Labute approximate surface area is 110 Å². The van der Waals surface area contributed by atoms with E-state index in [-0.39, 0.29) is 12.0 Å². The van der Waals surface area contributed by atoms with E-state index in [0.29, 0.717) is 18.4 Å². The topological polar surface area (TPSA) is 87.6 Å². The van der Waals surface area contributed by atoms with Crippen LogP contribution in [0.5, 0.6) is 0 Å². The number of carboxylic acid groups (broad SMARTS) is 1. The first-order valence-corrected chi connectivity index (χ1v) is 6.10. The number of fused-ring (bicyclic) bond motifs is 1.